The van der Waals surface area contributed by atoms with E-state index in [1.54, 1.807) is 0 Å². The summed E-state index contributed by atoms with van der Waals surface area (Å²) in [5, 5.41) is 5.46. The van der Waals surface area contributed by atoms with Gasteiger partial charge in [-0.05, 0) is 31.2 Å². The van der Waals surface area contributed by atoms with E-state index in [2.05, 4.69) is 25.0 Å². The third-order valence-electron chi connectivity index (χ3n) is 3.44. The van der Waals surface area contributed by atoms with E-state index in [9.17, 15) is 0 Å². The lowest BCUT2D eigenvalue weighted by Gasteiger charge is -2.06. The Hall–Kier alpha value is -0.500. The van der Waals surface area contributed by atoms with Gasteiger partial charge in [0, 0.05) is 12.5 Å². The fourth-order valence-corrected chi connectivity index (χ4v) is 2.61. The molecule has 90 valence electrons. The molecule has 16 heavy (non-hydrogen) atoms. The SMILES string of the molecule is CC(C)CCn1nc(C2CCCC2)cc1Cl. The first-order chi connectivity index (χ1) is 7.66. The largest absolute Gasteiger partial charge is 0.254 e. The molecule has 1 fully saturated rings. The van der Waals surface area contributed by atoms with Gasteiger partial charge in [0.25, 0.3) is 0 Å². The predicted octanol–water partition coefficient (Wildman–Crippen LogP) is 4.24. The van der Waals surface area contributed by atoms with Crippen molar-refractivity contribution in [3.8, 4) is 0 Å². The van der Waals surface area contributed by atoms with Crippen LogP contribution in [0.3, 0.4) is 0 Å². The molecule has 0 aromatic carbocycles. The van der Waals surface area contributed by atoms with Crippen LogP contribution in [0.5, 0.6) is 0 Å². The fraction of sp³-hybridized carbons (Fsp3) is 0.769. The number of aromatic nitrogens is 2. The maximum absolute atomic E-state index is 6.21. The minimum Gasteiger partial charge on any atom is -0.254 e. The van der Waals surface area contributed by atoms with Gasteiger partial charge in [0.1, 0.15) is 5.15 Å². The van der Waals surface area contributed by atoms with Gasteiger partial charge < -0.3 is 0 Å². The number of rotatable bonds is 4. The van der Waals surface area contributed by atoms with Crippen molar-refractivity contribution in [1.29, 1.82) is 0 Å². The van der Waals surface area contributed by atoms with Crippen LogP contribution in [0, 0.1) is 5.92 Å². The second-order valence-corrected chi connectivity index (χ2v) is 5.67. The van der Waals surface area contributed by atoms with Gasteiger partial charge >= 0.3 is 0 Å². The predicted molar refractivity (Wildman–Crippen MR) is 67.9 cm³/mol. The van der Waals surface area contributed by atoms with E-state index in [0.717, 1.165) is 18.1 Å². The maximum Gasteiger partial charge on any atom is 0.127 e. The Labute approximate surface area is 103 Å². The Balaban J connectivity index is 2.02. The fourth-order valence-electron chi connectivity index (χ4n) is 2.37. The lowest BCUT2D eigenvalue weighted by Crippen LogP contribution is -2.04. The molecule has 1 aliphatic rings. The number of hydrogen-bond acceptors (Lipinski definition) is 1. The first kappa shape index (κ1) is 12.0. The van der Waals surface area contributed by atoms with Crippen molar-refractivity contribution in [1.82, 2.24) is 9.78 Å². The van der Waals surface area contributed by atoms with Crippen LogP contribution in [0.2, 0.25) is 5.15 Å². The second-order valence-electron chi connectivity index (χ2n) is 5.28. The number of aryl methyl sites for hydroxylation is 1. The number of hydrogen-bond donors (Lipinski definition) is 0. The Morgan fingerprint density at radius 2 is 2.12 bits per heavy atom. The average molecular weight is 241 g/mol. The molecule has 1 saturated carbocycles. The van der Waals surface area contributed by atoms with Crippen molar-refractivity contribution in [3.63, 3.8) is 0 Å². The van der Waals surface area contributed by atoms with Crippen molar-refractivity contribution < 1.29 is 0 Å². The summed E-state index contributed by atoms with van der Waals surface area (Å²) < 4.78 is 1.97. The van der Waals surface area contributed by atoms with E-state index >= 15 is 0 Å². The van der Waals surface area contributed by atoms with Crippen LogP contribution >= 0.6 is 11.6 Å². The van der Waals surface area contributed by atoms with Gasteiger partial charge in [0.05, 0.1) is 5.69 Å². The van der Waals surface area contributed by atoms with Gasteiger partial charge in [-0.1, -0.05) is 38.3 Å². The van der Waals surface area contributed by atoms with Gasteiger partial charge in [-0.2, -0.15) is 5.10 Å². The lowest BCUT2D eigenvalue weighted by molar-refractivity contribution is 0.481. The van der Waals surface area contributed by atoms with E-state index in [1.807, 2.05) is 4.68 Å². The molecule has 1 aliphatic carbocycles. The summed E-state index contributed by atoms with van der Waals surface area (Å²) in [7, 11) is 0. The zero-order valence-corrected chi connectivity index (χ0v) is 11.0. The first-order valence-electron chi connectivity index (χ1n) is 6.40. The molecule has 0 N–H and O–H groups in total. The van der Waals surface area contributed by atoms with Crippen molar-refractivity contribution in [2.24, 2.45) is 5.92 Å². The highest BCUT2D eigenvalue weighted by atomic mass is 35.5. The van der Waals surface area contributed by atoms with Crippen LogP contribution in [-0.4, -0.2) is 9.78 Å². The molecule has 0 amide bonds. The topological polar surface area (TPSA) is 17.8 Å². The molecule has 0 unspecified atom stereocenters. The van der Waals surface area contributed by atoms with Crippen LogP contribution in [0.25, 0.3) is 0 Å². The third kappa shape index (κ3) is 2.79. The Morgan fingerprint density at radius 1 is 1.44 bits per heavy atom. The minimum atomic E-state index is 0.665. The summed E-state index contributed by atoms with van der Waals surface area (Å²) in [6, 6.07) is 2.07. The van der Waals surface area contributed by atoms with Gasteiger partial charge in [-0.3, -0.25) is 4.68 Å². The molecule has 1 aromatic rings. The van der Waals surface area contributed by atoms with Gasteiger partial charge in [0.2, 0.25) is 0 Å². The molecule has 1 aromatic heterocycles. The summed E-state index contributed by atoms with van der Waals surface area (Å²) in [6.07, 6.45) is 6.42. The van der Waals surface area contributed by atoms with E-state index in [-0.39, 0.29) is 0 Å². The highest BCUT2D eigenvalue weighted by molar-refractivity contribution is 6.29. The number of halogens is 1. The van der Waals surface area contributed by atoms with E-state index in [1.165, 1.54) is 31.4 Å². The van der Waals surface area contributed by atoms with Crippen molar-refractivity contribution in [2.75, 3.05) is 0 Å². The molecule has 0 saturated heterocycles. The lowest BCUT2D eigenvalue weighted by atomic mass is 10.1. The van der Waals surface area contributed by atoms with Crippen molar-refractivity contribution in [3.05, 3.63) is 16.9 Å². The zero-order valence-electron chi connectivity index (χ0n) is 10.2. The molecule has 2 rings (SSSR count). The average Bonchev–Trinajstić information content (AvgIpc) is 2.83. The highest BCUT2D eigenvalue weighted by Gasteiger charge is 2.20. The Bertz CT molecular complexity index is 338. The number of nitrogens with zero attached hydrogens (tertiary/aromatic N) is 2. The minimum absolute atomic E-state index is 0.665. The monoisotopic (exact) mass is 240 g/mol. The summed E-state index contributed by atoms with van der Waals surface area (Å²) in [6.45, 7) is 5.41. The zero-order chi connectivity index (χ0) is 11.5. The molecule has 2 nitrogen and oxygen atoms in total. The normalized spacial score (nSPS) is 17.5. The molecular formula is C13H21ClN2. The van der Waals surface area contributed by atoms with Crippen LogP contribution in [0.4, 0.5) is 0 Å². The van der Waals surface area contributed by atoms with Gasteiger partial charge in [-0.15, -0.1) is 0 Å². The van der Waals surface area contributed by atoms with Crippen molar-refractivity contribution in [2.45, 2.75) is 58.4 Å². The molecule has 0 spiro atoms. The molecule has 0 atom stereocenters. The standard InChI is InChI=1S/C13H21ClN2/c1-10(2)7-8-16-13(14)9-12(15-16)11-5-3-4-6-11/h9-11H,3-8H2,1-2H3. The first-order valence-corrected chi connectivity index (χ1v) is 6.78. The van der Waals surface area contributed by atoms with Gasteiger partial charge in [-0.25, -0.2) is 0 Å². The molecule has 0 bridgehead atoms. The van der Waals surface area contributed by atoms with E-state index in [0.29, 0.717) is 11.8 Å². The van der Waals surface area contributed by atoms with Crippen molar-refractivity contribution >= 4 is 11.6 Å². The van der Waals surface area contributed by atoms with E-state index in [4.69, 9.17) is 11.6 Å². The quantitative estimate of drug-likeness (QED) is 0.770. The maximum atomic E-state index is 6.21. The summed E-state index contributed by atoms with van der Waals surface area (Å²) in [5.41, 5.74) is 1.21. The van der Waals surface area contributed by atoms with Crippen LogP contribution in [0.15, 0.2) is 6.07 Å². The summed E-state index contributed by atoms with van der Waals surface area (Å²) in [4.78, 5) is 0. The molecular weight excluding hydrogens is 220 g/mol. The molecule has 0 aliphatic heterocycles. The molecule has 0 radical (unpaired) electrons. The van der Waals surface area contributed by atoms with Crippen LogP contribution in [0.1, 0.15) is 57.6 Å². The molecule has 3 heteroatoms. The third-order valence-corrected chi connectivity index (χ3v) is 3.75. The Morgan fingerprint density at radius 3 is 2.75 bits per heavy atom. The summed E-state index contributed by atoms with van der Waals surface area (Å²) >= 11 is 6.21. The van der Waals surface area contributed by atoms with Crippen LogP contribution < -0.4 is 0 Å². The molecule has 1 heterocycles. The van der Waals surface area contributed by atoms with E-state index < -0.39 is 0 Å². The smallest absolute Gasteiger partial charge is 0.127 e. The van der Waals surface area contributed by atoms with Gasteiger partial charge in [0.15, 0.2) is 0 Å². The second kappa shape index (κ2) is 5.22. The Kier molecular flexibility index (Phi) is 3.91. The highest BCUT2D eigenvalue weighted by Crippen LogP contribution is 2.34. The van der Waals surface area contributed by atoms with Crippen LogP contribution in [-0.2, 0) is 6.54 Å². The summed E-state index contributed by atoms with van der Waals surface area (Å²) in [5.74, 6) is 1.37.